The van der Waals surface area contributed by atoms with Gasteiger partial charge in [-0.2, -0.15) is 4.98 Å². The molecule has 7 heteroatoms. The molecular formula is C19H21N3O3S. The molecule has 3 aromatic rings. The van der Waals surface area contributed by atoms with E-state index in [0.717, 1.165) is 16.7 Å². The summed E-state index contributed by atoms with van der Waals surface area (Å²) in [4.78, 5) is 4.31. The molecule has 0 amide bonds. The minimum Gasteiger partial charge on any atom is -0.339 e. The number of sulfonamides is 1. The highest BCUT2D eigenvalue weighted by molar-refractivity contribution is 7.89. The van der Waals surface area contributed by atoms with Crippen LogP contribution in [0.4, 0.5) is 0 Å². The monoisotopic (exact) mass is 371 g/mol. The summed E-state index contributed by atoms with van der Waals surface area (Å²) in [6.07, 6.45) is 0.831. The summed E-state index contributed by atoms with van der Waals surface area (Å²) >= 11 is 0. The van der Waals surface area contributed by atoms with Gasteiger partial charge in [-0.15, -0.1) is 0 Å². The Bertz CT molecular complexity index is 936. The van der Waals surface area contributed by atoms with E-state index in [-0.39, 0.29) is 12.3 Å². The van der Waals surface area contributed by atoms with Crippen molar-refractivity contribution in [2.75, 3.05) is 12.3 Å². The van der Waals surface area contributed by atoms with E-state index in [1.165, 1.54) is 0 Å². The highest BCUT2D eigenvalue weighted by Crippen LogP contribution is 2.16. The normalized spacial score (nSPS) is 11.6. The first-order valence-electron chi connectivity index (χ1n) is 8.43. The number of nitrogens with zero attached hydrogens (tertiary/aromatic N) is 2. The van der Waals surface area contributed by atoms with Crippen LogP contribution >= 0.6 is 0 Å². The Balaban J connectivity index is 1.49. The molecule has 0 radical (unpaired) electrons. The molecule has 0 saturated carbocycles. The number of nitrogens with one attached hydrogen (secondary N) is 1. The lowest BCUT2D eigenvalue weighted by molar-refractivity contribution is 0.379. The first-order chi connectivity index (χ1) is 12.5. The first-order valence-corrected chi connectivity index (χ1v) is 10.1. The Hall–Kier alpha value is -2.51. The molecule has 3 rings (SSSR count). The topological polar surface area (TPSA) is 85.1 Å². The smallest absolute Gasteiger partial charge is 0.228 e. The summed E-state index contributed by atoms with van der Waals surface area (Å²) in [5.41, 5.74) is 3.02. The molecule has 26 heavy (non-hydrogen) atoms. The van der Waals surface area contributed by atoms with Gasteiger partial charge >= 0.3 is 0 Å². The quantitative estimate of drug-likeness (QED) is 0.658. The van der Waals surface area contributed by atoms with Gasteiger partial charge in [0.05, 0.1) is 5.75 Å². The van der Waals surface area contributed by atoms with Crippen molar-refractivity contribution in [1.82, 2.24) is 14.9 Å². The van der Waals surface area contributed by atoms with Crippen molar-refractivity contribution in [1.29, 1.82) is 0 Å². The molecule has 0 fully saturated rings. The molecule has 1 heterocycles. The minimum atomic E-state index is -3.34. The average Bonchev–Trinajstić information content (AvgIpc) is 3.10. The molecule has 0 bridgehead atoms. The van der Waals surface area contributed by atoms with E-state index in [0.29, 0.717) is 24.6 Å². The minimum absolute atomic E-state index is 0.0511. The van der Waals surface area contributed by atoms with Crippen LogP contribution in [0.15, 0.2) is 59.1 Å². The van der Waals surface area contributed by atoms with Gasteiger partial charge in [-0.3, -0.25) is 0 Å². The Kier molecular flexibility index (Phi) is 5.80. The molecule has 1 N–H and O–H groups in total. The van der Waals surface area contributed by atoms with Gasteiger partial charge < -0.3 is 4.52 Å². The molecule has 0 atom stereocenters. The maximum absolute atomic E-state index is 12.1. The lowest BCUT2D eigenvalue weighted by atomic mass is 10.1. The van der Waals surface area contributed by atoms with E-state index in [1.807, 2.05) is 61.5 Å². The molecule has 6 nitrogen and oxygen atoms in total. The van der Waals surface area contributed by atoms with Gasteiger partial charge in [0.1, 0.15) is 0 Å². The van der Waals surface area contributed by atoms with Crippen LogP contribution in [0.25, 0.3) is 11.4 Å². The van der Waals surface area contributed by atoms with Gasteiger partial charge in [0.2, 0.25) is 21.7 Å². The van der Waals surface area contributed by atoms with E-state index in [2.05, 4.69) is 14.9 Å². The third kappa shape index (κ3) is 5.24. The number of benzene rings is 2. The van der Waals surface area contributed by atoms with E-state index >= 15 is 0 Å². The maximum Gasteiger partial charge on any atom is 0.228 e. The third-order valence-electron chi connectivity index (χ3n) is 3.94. The highest BCUT2D eigenvalue weighted by Gasteiger charge is 2.12. The van der Waals surface area contributed by atoms with Crippen molar-refractivity contribution in [2.24, 2.45) is 0 Å². The highest BCUT2D eigenvalue weighted by atomic mass is 32.2. The molecule has 0 spiro atoms. The Morgan fingerprint density at radius 3 is 2.46 bits per heavy atom. The van der Waals surface area contributed by atoms with Gasteiger partial charge in [-0.05, 0) is 18.9 Å². The summed E-state index contributed by atoms with van der Waals surface area (Å²) in [6.45, 7) is 2.24. The largest absolute Gasteiger partial charge is 0.339 e. The lowest BCUT2D eigenvalue weighted by Gasteiger charge is -2.05. The Labute approximate surface area is 153 Å². The third-order valence-corrected chi connectivity index (χ3v) is 5.33. The first kappa shape index (κ1) is 18.3. The van der Waals surface area contributed by atoms with Crippen LogP contribution in [-0.4, -0.2) is 30.9 Å². The summed E-state index contributed by atoms with van der Waals surface area (Å²) in [6, 6.07) is 17.4. The van der Waals surface area contributed by atoms with Crippen molar-refractivity contribution < 1.29 is 12.9 Å². The second kappa shape index (κ2) is 8.25. The van der Waals surface area contributed by atoms with E-state index < -0.39 is 10.0 Å². The average molecular weight is 371 g/mol. The molecule has 1 aromatic heterocycles. The van der Waals surface area contributed by atoms with Crippen LogP contribution in [0.2, 0.25) is 0 Å². The van der Waals surface area contributed by atoms with E-state index in [1.54, 1.807) is 0 Å². The fourth-order valence-corrected chi connectivity index (χ4v) is 3.52. The SMILES string of the molecule is Cc1ccc(-c2noc(CCNS(=O)(=O)CCc3ccccc3)n2)cc1. The van der Waals surface area contributed by atoms with Gasteiger partial charge in [-0.1, -0.05) is 65.3 Å². The number of rotatable bonds is 8. The molecule has 0 aliphatic carbocycles. The van der Waals surface area contributed by atoms with Crippen LogP contribution in [0.1, 0.15) is 17.0 Å². The zero-order chi connectivity index (χ0) is 18.4. The molecular weight excluding hydrogens is 350 g/mol. The van der Waals surface area contributed by atoms with Crippen molar-refractivity contribution in [2.45, 2.75) is 19.8 Å². The predicted molar refractivity (Wildman–Crippen MR) is 100 cm³/mol. The van der Waals surface area contributed by atoms with Crippen LogP contribution in [-0.2, 0) is 22.9 Å². The lowest BCUT2D eigenvalue weighted by Crippen LogP contribution is -2.29. The van der Waals surface area contributed by atoms with Gasteiger partial charge in [0.15, 0.2) is 0 Å². The fourth-order valence-electron chi connectivity index (χ4n) is 2.46. The van der Waals surface area contributed by atoms with Crippen molar-refractivity contribution >= 4 is 10.0 Å². The number of aromatic nitrogens is 2. The second-order valence-corrected chi connectivity index (χ2v) is 8.00. The zero-order valence-electron chi connectivity index (χ0n) is 14.6. The van der Waals surface area contributed by atoms with Gasteiger partial charge in [0.25, 0.3) is 0 Å². The summed E-state index contributed by atoms with van der Waals surface area (Å²) in [5, 5.41) is 3.94. The standard InChI is InChI=1S/C19H21N3O3S/c1-15-7-9-17(10-8-15)19-21-18(25-22-19)11-13-20-26(23,24)14-12-16-5-3-2-4-6-16/h2-10,20H,11-14H2,1H3. The Morgan fingerprint density at radius 2 is 1.73 bits per heavy atom. The van der Waals surface area contributed by atoms with Gasteiger partial charge in [0, 0.05) is 18.5 Å². The van der Waals surface area contributed by atoms with Crippen LogP contribution in [0, 0.1) is 6.92 Å². The van der Waals surface area contributed by atoms with Gasteiger partial charge in [-0.25, -0.2) is 13.1 Å². The number of aryl methyl sites for hydroxylation is 2. The van der Waals surface area contributed by atoms with E-state index in [9.17, 15) is 8.42 Å². The van der Waals surface area contributed by atoms with Crippen LogP contribution in [0.5, 0.6) is 0 Å². The van der Waals surface area contributed by atoms with Crippen molar-refractivity contribution in [3.05, 3.63) is 71.6 Å². The van der Waals surface area contributed by atoms with Crippen LogP contribution in [0.3, 0.4) is 0 Å². The maximum atomic E-state index is 12.1. The van der Waals surface area contributed by atoms with Crippen LogP contribution < -0.4 is 4.72 Å². The molecule has 0 aliphatic heterocycles. The second-order valence-electron chi connectivity index (χ2n) is 6.08. The molecule has 0 aliphatic rings. The summed E-state index contributed by atoms with van der Waals surface area (Å²) < 4.78 is 31.9. The Morgan fingerprint density at radius 1 is 1.00 bits per heavy atom. The fraction of sp³-hybridized carbons (Fsp3) is 0.263. The summed E-state index contributed by atoms with van der Waals surface area (Å²) in [5.74, 6) is 0.966. The van der Waals surface area contributed by atoms with Crippen molar-refractivity contribution in [3.8, 4) is 11.4 Å². The summed E-state index contributed by atoms with van der Waals surface area (Å²) in [7, 11) is -3.34. The van der Waals surface area contributed by atoms with Crippen molar-refractivity contribution in [3.63, 3.8) is 0 Å². The molecule has 0 unspecified atom stereocenters. The van der Waals surface area contributed by atoms with E-state index in [4.69, 9.17) is 4.52 Å². The predicted octanol–water partition coefficient (Wildman–Crippen LogP) is 2.75. The molecule has 2 aromatic carbocycles. The number of hydrogen-bond donors (Lipinski definition) is 1. The number of hydrogen-bond acceptors (Lipinski definition) is 5. The molecule has 0 saturated heterocycles. The molecule has 136 valence electrons. The zero-order valence-corrected chi connectivity index (χ0v) is 15.4.